The average Bonchev–Trinajstić information content (AvgIpc) is 3.36. The summed E-state index contributed by atoms with van der Waals surface area (Å²) in [4.78, 5) is 34.6. The van der Waals surface area contributed by atoms with Gasteiger partial charge < -0.3 is 19.5 Å². The highest BCUT2D eigenvalue weighted by Crippen LogP contribution is 2.33. The van der Waals surface area contributed by atoms with Gasteiger partial charge in [-0.3, -0.25) is 14.6 Å². The van der Waals surface area contributed by atoms with Crippen LogP contribution in [0.3, 0.4) is 0 Å². The minimum absolute atomic E-state index is 0.0329. The molecule has 4 rings (SSSR count). The lowest BCUT2D eigenvalue weighted by Crippen LogP contribution is -2.35. The zero-order chi connectivity index (χ0) is 18.1. The van der Waals surface area contributed by atoms with Gasteiger partial charge in [0.05, 0.1) is 19.0 Å². The minimum Gasteiger partial charge on any atom is -0.376 e. The molecule has 2 amide bonds. The van der Waals surface area contributed by atoms with E-state index in [1.165, 1.54) is 0 Å². The molecule has 1 N–H and O–H groups in total. The van der Waals surface area contributed by atoms with Gasteiger partial charge in [0, 0.05) is 62.7 Å². The van der Waals surface area contributed by atoms with Gasteiger partial charge >= 0.3 is 0 Å². The quantitative estimate of drug-likeness (QED) is 0.854. The van der Waals surface area contributed by atoms with Crippen molar-refractivity contribution >= 4 is 11.8 Å². The molecule has 2 aliphatic heterocycles. The highest BCUT2D eigenvalue weighted by atomic mass is 16.5. The maximum absolute atomic E-state index is 12.6. The number of nitrogens with one attached hydrogen (secondary N) is 1. The first-order valence-corrected chi connectivity index (χ1v) is 8.69. The number of carbonyl (C=O) groups is 2. The normalized spacial score (nSPS) is 24.5. The molecule has 8 nitrogen and oxygen atoms in total. The van der Waals surface area contributed by atoms with Crippen molar-refractivity contribution in [3.05, 3.63) is 48.3 Å². The second-order valence-electron chi connectivity index (χ2n) is 6.88. The Bertz CT molecular complexity index is 806. The lowest BCUT2D eigenvalue weighted by molar-refractivity contribution is 0.0670. The number of hydrogen-bond acceptors (Lipinski definition) is 5. The summed E-state index contributed by atoms with van der Waals surface area (Å²) in [5, 5.41) is 2.97. The lowest BCUT2D eigenvalue weighted by atomic mass is 9.93. The monoisotopic (exact) mass is 355 g/mol. The van der Waals surface area contributed by atoms with Crippen LogP contribution in [-0.4, -0.2) is 63.6 Å². The Morgan fingerprint density at radius 3 is 2.85 bits per heavy atom. The maximum atomic E-state index is 12.6. The van der Waals surface area contributed by atoms with Crippen LogP contribution in [-0.2, 0) is 11.8 Å². The summed E-state index contributed by atoms with van der Waals surface area (Å²) in [5.41, 5.74) is 1.05. The van der Waals surface area contributed by atoms with Crippen molar-refractivity contribution in [3.63, 3.8) is 0 Å². The summed E-state index contributed by atoms with van der Waals surface area (Å²) in [6.07, 6.45) is 6.58. The van der Waals surface area contributed by atoms with Crippen LogP contribution in [0.5, 0.6) is 0 Å². The Labute approximate surface area is 151 Å². The molecule has 4 heterocycles. The SMILES string of the molecule is Cn1cnc(C(=O)N2C[C@@H]3[C@@H](CNC(=O)c4ccncc4)CO[C@@H]3C2)c1. The van der Waals surface area contributed by atoms with Crippen molar-refractivity contribution in [3.8, 4) is 0 Å². The van der Waals surface area contributed by atoms with Crippen LogP contribution < -0.4 is 5.32 Å². The first-order chi connectivity index (χ1) is 12.6. The molecule has 8 heteroatoms. The van der Waals surface area contributed by atoms with E-state index in [1.54, 1.807) is 46.5 Å². The van der Waals surface area contributed by atoms with Gasteiger partial charge in [0.15, 0.2) is 0 Å². The van der Waals surface area contributed by atoms with Gasteiger partial charge in [0.2, 0.25) is 0 Å². The largest absolute Gasteiger partial charge is 0.376 e. The Morgan fingerprint density at radius 2 is 2.12 bits per heavy atom. The fourth-order valence-corrected chi connectivity index (χ4v) is 3.69. The molecule has 2 aromatic heterocycles. The molecule has 0 aromatic carbocycles. The van der Waals surface area contributed by atoms with E-state index in [-0.39, 0.29) is 29.8 Å². The van der Waals surface area contributed by atoms with E-state index in [4.69, 9.17) is 4.74 Å². The standard InChI is InChI=1S/C18H21N5O3/c1-22-8-15(21-11-22)18(25)23-7-14-13(10-26-16(14)9-23)6-20-17(24)12-2-4-19-5-3-12/h2-5,8,11,13-14,16H,6-7,9-10H2,1H3,(H,20,24)/t13-,14+,16+/m0/s1. The molecule has 0 bridgehead atoms. The first-order valence-electron chi connectivity index (χ1n) is 8.69. The van der Waals surface area contributed by atoms with Crippen LogP contribution in [0.4, 0.5) is 0 Å². The second kappa shape index (κ2) is 6.87. The summed E-state index contributed by atoms with van der Waals surface area (Å²) in [6.45, 7) is 2.36. The maximum Gasteiger partial charge on any atom is 0.274 e. The summed E-state index contributed by atoms with van der Waals surface area (Å²) >= 11 is 0. The number of aryl methyl sites for hydroxylation is 1. The highest BCUT2D eigenvalue weighted by molar-refractivity contribution is 5.94. The van der Waals surface area contributed by atoms with E-state index < -0.39 is 0 Å². The summed E-state index contributed by atoms with van der Waals surface area (Å²) in [5.74, 6) is 0.256. The van der Waals surface area contributed by atoms with E-state index >= 15 is 0 Å². The van der Waals surface area contributed by atoms with E-state index in [0.717, 1.165) is 0 Å². The van der Waals surface area contributed by atoms with E-state index in [9.17, 15) is 9.59 Å². The van der Waals surface area contributed by atoms with E-state index in [2.05, 4.69) is 15.3 Å². The number of likely N-dealkylation sites (tertiary alicyclic amines) is 1. The summed E-state index contributed by atoms with van der Waals surface area (Å²) < 4.78 is 7.63. The van der Waals surface area contributed by atoms with Gasteiger partial charge in [0.25, 0.3) is 11.8 Å². The van der Waals surface area contributed by atoms with E-state index in [1.807, 2.05) is 7.05 Å². The number of aromatic nitrogens is 3. The van der Waals surface area contributed by atoms with Crippen molar-refractivity contribution < 1.29 is 14.3 Å². The van der Waals surface area contributed by atoms with Gasteiger partial charge in [-0.05, 0) is 12.1 Å². The Morgan fingerprint density at radius 1 is 1.31 bits per heavy atom. The van der Waals surface area contributed by atoms with Crippen LogP contribution in [0.2, 0.25) is 0 Å². The predicted molar refractivity (Wildman–Crippen MR) is 92.4 cm³/mol. The van der Waals surface area contributed by atoms with Crippen molar-refractivity contribution in [1.29, 1.82) is 0 Å². The van der Waals surface area contributed by atoms with Crippen LogP contribution in [0, 0.1) is 11.8 Å². The van der Waals surface area contributed by atoms with Gasteiger partial charge in [-0.1, -0.05) is 0 Å². The number of amides is 2. The van der Waals surface area contributed by atoms with E-state index in [0.29, 0.717) is 37.5 Å². The molecule has 26 heavy (non-hydrogen) atoms. The van der Waals surface area contributed by atoms with Gasteiger partial charge in [-0.25, -0.2) is 4.98 Å². The number of rotatable bonds is 4. The Hall–Kier alpha value is -2.74. The fraction of sp³-hybridized carbons (Fsp3) is 0.444. The van der Waals surface area contributed by atoms with Crippen molar-refractivity contribution in [2.75, 3.05) is 26.2 Å². The minimum atomic E-state index is -0.115. The number of ether oxygens (including phenoxy) is 1. The average molecular weight is 355 g/mol. The van der Waals surface area contributed by atoms with Crippen molar-refractivity contribution in [2.45, 2.75) is 6.10 Å². The molecular formula is C18H21N5O3. The molecule has 2 saturated heterocycles. The number of hydrogen-bond donors (Lipinski definition) is 1. The van der Waals surface area contributed by atoms with Crippen LogP contribution in [0.1, 0.15) is 20.8 Å². The summed E-state index contributed by atoms with van der Waals surface area (Å²) in [6, 6.07) is 3.37. The zero-order valence-electron chi connectivity index (χ0n) is 14.5. The third kappa shape index (κ3) is 3.20. The molecule has 3 atom stereocenters. The third-order valence-electron chi connectivity index (χ3n) is 5.12. The topological polar surface area (TPSA) is 89.4 Å². The molecule has 0 spiro atoms. The van der Waals surface area contributed by atoms with Crippen LogP contribution in [0.15, 0.2) is 37.1 Å². The molecule has 136 valence electrons. The van der Waals surface area contributed by atoms with Crippen LogP contribution >= 0.6 is 0 Å². The van der Waals surface area contributed by atoms with Gasteiger partial charge in [-0.15, -0.1) is 0 Å². The molecule has 0 unspecified atom stereocenters. The first kappa shape index (κ1) is 16.7. The predicted octanol–water partition coefficient (Wildman–Crippen LogP) is 0.332. The lowest BCUT2D eigenvalue weighted by Gasteiger charge is -2.19. The smallest absolute Gasteiger partial charge is 0.274 e. The molecule has 0 radical (unpaired) electrons. The molecular weight excluding hydrogens is 334 g/mol. The highest BCUT2D eigenvalue weighted by Gasteiger charge is 2.45. The molecule has 2 aromatic rings. The van der Waals surface area contributed by atoms with Gasteiger partial charge in [-0.2, -0.15) is 0 Å². The Balaban J connectivity index is 1.35. The number of fused-ring (bicyclic) bond motifs is 1. The molecule has 2 aliphatic rings. The number of carbonyl (C=O) groups excluding carboxylic acids is 2. The molecule has 2 fully saturated rings. The summed E-state index contributed by atoms with van der Waals surface area (Å²) in [7, 11) is 1.84. The fourth-order valence-electron chi connectivity index (χ4n) is 3.69. The molecule has 0 aliphatic carbocycles. The molecule has 0 saturated carbocycles. The van der Waals surface area contributed by atoms with Gasteiger partial charge in [0.1, 0.15) is 5.69 Å². The third-order valence-corrected chi connectivity index (χ3v) is 5.12. The number of pyridine rings is 1. The van der Waals surface area contributed by atoms with Crippen LogP contribution in [0.25, 0.3) is 0 Å². The number of nitrogens with zero attached hydrogens (tertiary/aromatic N) is 4. The van der Waals surface area contributed by atoms with Crippen molar-refractivity contribution in [1.82, 2.24) is 24.8 Å². The zero-order valence-corrected chi connectivity index (χ0v) is 14.5. The van der Waals surface area contributed by atoms with Crippen molar-refractivity contribution in [2.24, 2.45) is 18.9 Å². The second-order valence-corrected chi connectivity index (χ2v) is 6.88. The Kier molecular flexibility index (Phi) is 4.42. The number of imidazole rings is 1.